The summed E-state index contributed by atoms with van der Waals surface area (Å²) in [6.45, 7) is 4.61. The van der Waals surface area contributed by atoms with Crippen LogP contribution in [0, 0.1) is 11.8 Å². The normalized spacial score (nSPS) is 15.1. The lowest BCUT2D eigenvalue weighted by atomic mass is 9.86. The summed E-state index contributed by atoms with van der Waals surface area (Å²) in [7, 11) is 0. The number of benzene rings is 1. The van der Waals surface area contributed by atoms with Crippen LogP contribution in [0.25, 0.3) is 0 Å². The Morgan fingerprint density at radius 1 is 1.21 bits per heavy atom. The quantitative estimate of drug-likeness (QED) is 0.760. The minimum atomic E-state index is 0.297. The van der Waals surface area contributed by atoms with Gasteiger partial charge in [0.05, 0.1) is 0 Å². The van der Waals surface area contributed by atoms with Gasteiger partial charge in [-0.3, -0.25) is 0 Å². The van der Waals surface area contributed by atoms with E-state index in [4.69, 9.17) is 5.11 Å². The van der Waals surface area contributed by atoms with E-state index in [9.17, 15) is 0 Å². The average Bonchev–Trinajstić information content (AvgIpc) is 2.26. The fourth-order valence-electron chi connectivity index (χ4n) is 1.81. The molecule has 1 heteroatoms. The summed E-state index contributed by atoms with van der Waals surface area (Å²) in [4.78, 5) is 0. The zero-order valence-corrected chi connectivity index (χ0v) is 9.11. The molecule has 2 atom stereocenters. The maximum Gasteiger partial charge on any atom is 0.0459 e. The molecule has 1 rings (SSSR count). The van der Waals surface area contributed by atoms with Gasteiger partial charge in [0.1, 0.15) is 0 Å². The van der Waals surface area contributed by atoms with Crippen molar-refractivity contribution in [3.63, 3.8) is 0 Å². The Morgan fingerprint density at radius 2 is 1.86 bits per heavy atom. The first-order valence-corrected chi connectivity index (χ1v) is 5.42. The van der Waals surface area contributed by atoms with Gasteiger partial charge in [-0.05, 0) is 23.8 Å². The van der Waals surface area contributed by atoms with Crippen molar-refractivity contribution in [1.82, 2.24) is 0 Å². The molecule has 0 aliphatic rings. The molecule has 0 spiro atoms. The van der Waals surface area contributed by atoms with E-state index in [2.05, 4.69) is 38.1 Å². The maximum absolute atomic E-state index is 9.11. The second-order valence-corrected chi connectivity index (χ2v) is 4.02. The van der Waals surface area contributed by atoms with Crippen LogP contribution in [0.2, 0.25) is 0 Å². The van der Waals surface area contributed by atoms with E-state index in [1.54, 1.807) is 0 Å². The van der Waals surface area contributed by atoms with Crippen LogP contribution in [0.5, 0.6) is 0 Å². The van der Waals surface area contributed by atoms with E-state index < -0.39 is 0 Å². The van der Waals surface area contributed by atoms with Crippen LogP contribution in [-0.4, -0.2) is 11.7 Å². The molecule has 1 aromatic rings. The minimum absolute atomic E-state index is 0.297. The van der Waals surface area contributed by atoms with Crippen LogP contribution < -0.4 is 0 Å². The van der Waals surface area contributed by atoms with Crippen molar-refractivity contribution in [2.45, 2.75) is 26.7 Å². The summed E-state index contributed by atoms with van der Waals surface area (Å²) < 4.78 is 0. The van der Waals surface area contributed by atoms with Crippen molar-refractivity contribution in [2.75, 3.05) is 6.61 Å². The highest BCUT2D eigenvalue weighted by Crippen LogP contribution is 2.20. The van der Waals surface area contributed by atoms with E-state index in [1.807, 2.05) is 6.07 Å². The van der Waals surface area contributed by atoms with Crippen molar-refractivity contribution < 1.29 is 5.11 Å². The fourth-order valence-corrected chi connectivity index (χ4v) is 1.81. The van der Waals surface area contributed by atoms with Gasteiger partial charge in [0.2, 0.25) is 0 Å². The summed E-state index contributed by atoms with van der Waals surface area (Å²) in [6.07, 6.45) is 2.22. The van der Waals surface area contributed by atoms with E-state index in [0.717, 1.165) is 12.8 Å². The summed E-state index contributed by atoms with van der Waals surface area (Å²) >= 11 is 0. The third-order valence-electron chi connectivity index (χ3n) is 2.96. The molecule has 1 aromatic carbocycles. The number of hydrogen-bond acceptors (Lipinski definition) is 1. The number of hydrogen-bond donors (Lipinski definition) is 1. The second kappa shape index (κ2) is 5.82. The lowest BCUT2D eigenvalue weighted by Crippen LogP contribution is -2.17. The van der Waals surface area contributed by atoms with Crippen molar-refractivity contribution in [3.8, 4) is 0 Å². The number of rotatable bonds is 5. The Bertz CT molecular complexity index is 243. The molecule has 0 saturated heterocycles. The van der Waals surface area contributed by atoms with Gasteiger partial charge >= 0.3 is 0 Å². The Morgan fingerprint density at radius 3 is 2.36 bits per heavy atom. The zero-order valence-electron chi connectivity index (χ0n) is 9.11. The predicted molar refractivity (Wildman–Crippen MR) is 60.2 cm³/mol. The SMILES string of the molecule is CCC(Cc1ccccc1)[C@H](C)CO. The molecule has 1 N–H and O–H groups in total. The molecule has 14 heavy (non-hydrogen) atoms. The highest BCUT2D eigenvalue weighted by Gasteiger charge is 2.14. The molecule has 0 heterocycles. The molecule has 1 nitrogen and oxygen atoms in total. The van der Waals surface area contributed by atoms with Crippen LogP contribution in [0.15, 0.2) is 30.3 Å². The molecule has 1 unspecified atom stereocenters. The Hall–Kier alpha value is -0.820. The monoisotopic (exact) mass is 192 g/mol. The molecular weight excluding hydrogens is 172 g/mol. The first-order chi connectivity index (χ1) is 6.77. The Kier molecular flexibility index (Phi) is 4.68. The van der Waals surface area contributed by atoms with Crippen molar-refractivity contribution in [3.05, 3.63) is 35.9 Å². The number of aliphatic hydroxyl groups excluding tert-OH is 1. The smallest absolute Gasteiger partial charge is 0.0459 e. The first kappa shape index (κ1) is 11.3. The summed E-state index contributed by atoms with van der Waals surface area (Å²) in [5.41, 5.74) is 1.37. The summed E-state index contributed by atoms with van der Waals surface area (Å²) in [6, 6.07) is 10.5. The molecule has 0 saturated carbocycles. The van der Waals surface area contributed by atoms with Crippen LogP contribution in [0.4, 0.5) is 0 Å². The Labute approximate surface area is 86.8 Å². The van der Waals surface area contributed by atoms with Crippen LogP contribution in [-0.2, 0) is 6.42 Å². The third-order valence-corrected chi connectivity index (χ3v) is 2.96. The highest BCUT2D eigenvalue weighted by atomic mass is 16.3. The summed E-state index contributed by atoms with van der Waals surface area (Å²) in [5, 5.41) is 9.11. The summed E-state index contributed by atoms with van der Waals surface area (Å²) in [5.74, 6) is 1.00. The standard InChI is InChI=1S/C13H20O/c1-3-13(11(2)10-14)9-12-7-5-4-6-8-12/h4-8,11,13-14H,3,9-10H2,1-2H3/t11-,13?/m1/s1. The molecule has 0 aliphatic carbocycles. The van der Waals surface area contributed by atoms with Crippen LogP contribution >= 0.6 is 0 Å². The van der Waals surface area contributed by atoms with Gasteiger partial charge in [-0.25, -0.2) is 0 Å². The highest BCUT2D eigenvalue weighted by molar-refractivity contribution is 5.15. The average molecular weight is 192 g/mol. The van der Waals surface area contributed by atoms with Gasteiger partial charge in [0.15, 0.2) is 0 Å². The van der Waals surface area contributed by atoms with Gasteiger partial charge in [-0.15, -0.1) is 0 Å². The molecule has 0 aliphatic heterocycles. The first-order valence-electron chi connectivity index (χ1n) is 5.42. The lowest BCUT2D eigenvalue weighted by Gasteiger charge is -2.20. The van der Waals surface area contributed by atoms with Gasteiger partial charge < -0.3 is 5.11 Å². The number of aliphatic hydroxyl groups is 1. The van der Waals surface area contributed by atoms with E-state index in [-0.39, 0.29) is 0 Å². The van der Waals surface area contributed by atoms with Crippen LogP contribution in [0.1, 0.15) is 25.8 Å². The molecule has 0 aromatic heterocycles. The largest absolute Gasteiger partial charge is 0.396 e. The van der Waals surface area contributed by atoms with Gasteiger partial charge in [0, 0.05) is 6.61 Å². The van der Waals surface area contributed by atoms with E-state index in [1.165, 1.54) is 5.56 Å². The second-order valence-electron chi connectivity index (χ2n) is 4.02. The topological polar surface area (TPSA) is 20.2 Å². The van der Waals surface area contributed by atoms with Gasteiger partial charge in [0.25, 0.3) is 0 Å². The van der Waals surface area contributed by atoms with Crippen molar-refractivity contribution in [1.29, 1.82) is 0 Å². The minimum Gasteiger partial charge on any atom is -0.396 e. The molecule has 0 bridgehead atoms. The van der Waals surface area contributed by atoms with E-state index in [0.29, 0.717) is 18.4 Å². The molecule has 0 amide bonds. The van der Waals surface area contributed by atoms with Crippen LogP contribution in [0.3, 0.4) is 0 Å². The third kappa shape index (κ3) is 3.15. The molecule has 78 valence electrons. The van der Waals surface area contributed by atoms with E-state index >= 15 is 0 Å². The zero-order chi connectivity index (χ0) is 10.4. The van der Waals surface area contributed by atoms with Crippen molar-refractivity contribution >= 4 is 0 Å². The maximum atomic E-state index is 9.11. The Balaban J connectivity index is 2.57. The predicted octanol–water partition coefficient (Wildman–Crippen LogP) is 2.88. The molecular formula is C13H20O. The van der Waals surface area contributed by atoms with Gasteiger partial charge in [-0.1, -0.05) is 50.6 Å². The molecule has 0 fully saturated rings. The fraction of sp³-hybridized carbons (Fsp3) is 0.538. The van der Waals surface area contributed by atoms with Gasteiger partial charge in [-0.2, -0.15) is 0 Å². The molecule has 0 radical (unpaired) electrons. The lowest BCUT2D eigenvalue weighted by molar-refractivity contribution is 0.184. The van der Waals surface area contributed by atoms with Crippen molar-refractivity contribution in [2.24, 2.45) is 11.8 Å².